The summed E-state index contributed by atoms with van der Waals surface area (Å²) in [5.41, 5.74) is 2.54. The Balaban J connectivity index is 1.41. The summed E-state index contributed by atoms with van der Waals surface area (Å²) < 4.78 is 7.33. The van der Waals surface area contributed by atoms with Gasteiger partial charge in [0, 0.05) is 39.8 Å². The van der Waals surface area contributed by atoms with Crippen LogP contribution in [-0.4, -0.2) is 73.1 Å². The molecule has 2 aliphatic rings. The van der Waals surface area contributed by atoms with Gasteiger partial charge in [-0.2, -0.15) is 5.10 Å². The molecule has 1 fully saturated rings. The number of likely N-dealkylation sites (tertiary alicyclic amines) is 1. The van der Waals surface area contributed by atoms with Crippen molar-refractivity contribution < 1.29 is 4.74 Å². The Morgan fingerprint density at radius 1 is 1.35 bits per heavy atom. The maximum absolute atomic E-state index is 5.17. The Bertz CT molecular complexity index is 458. The number of nitrogens with one attached hydrogen (secondary N) is 1. The standard InChI is InChI=1S/C17H31N5O/c1-20(13-15-3-6-21(7-4-15)9-10-23-2)14-16-11-17-12-18-5-8-22(17)19-16/h11,15,18H,3-10,12-14H2,1-2H3. The largest absolute Gasteiger partial charge is 0.383 e. The fourth-order valence-corrected chi connectivity index (χ4v) is 3.72. The van der Waals surface area contributed by atoms with Gasteiger partial charge < -0.3 is 19.9 Å². The number of nitrogens with zero attached hydrogens (tertiary/aromatic N) is 4. The molecule has 23 heavy (non-hydrogen) atoms. The SMILES string of the molecule is COCCN1CCC(CN(C)Cc2cc3n(n2)CCNC3)CC1. The first-order chi connectivity index (χ1) is 11.2. The van der Waals surface area contributed by atoms with Gasteiger partial charge in [0.1, 0.15) is 0 Å². The fraction of sp³-hybridized carbons (Fsp3) is 0.824. The zero-order chi connectivity index (χ0) is 16.1. The van der Waals surface area contributed by atoms with Crippen molar-refractivity contribution in [3.8, 4) is 0 Å². The molecule has 0 radical (unpaired) electrons. The Morgan fingerprint density at radius 2 is 2.17 bits per heavy atom. The molecule has 0 bridgehead atoms. The van der Waals surface area contributed by atoms with E-state index in [1.165, 1.54) is 43.9 Å². The van der Waals surface area contributed by atoms with Gasteiger partial charge >= 0.3 is 0 Å². The lowest BCUT2D eigenvalue weighted by molar-refractivity contribution is 0.109. The van der Waals surface area contributed by atoms with Gasteiger partial charge in [-0.05, 0) is 45.0 Å². The predicted octanol–water partition coefficient (Wildman–Crippen LogP) is 0.777. The number of hydrogen-bond acceptors (Lipinski definition) is 5. The highest BCUT2D eigenvalue weighted by molar-refractivity contribution is 5.11. The van der Waals surface area contributed by atoms with Gasteiger partial charge in [-0.3, -0.25) is 4.68 Å². The van der Waals surface area contributed by atoms with Crippen molar-refractivity contribution in [1.29, 1.82) is 0 Å². The van der Waals surface area contributed by atoms with Crippen molar-refractivity contribution in [2.75, 3.05) is 53.5 Å². The summed E-state index contributed by atoms with van der Waals surface area (Å²) in [6, 6.07) is 2.26. The normalized spacial score (nSPS) is 20.1. The average Bonchev–Trinajstić information content (AvgIpc) is 2.96. The molecule has 0 atom stereocenters. The number of methoxy groups -OCH3 is 1. The molecule has 2 aliphatic heterocycles. The van der Waals surface area contributed by atoms with E-state index in [0.29, 0.717) is 0 Å². The quantitative estimate of drug-likeness (QED) is 0.804. The van der Waals surface area contributed by atoms with Crippen LogP contribution in [0.2, 0.25) is 0 Å². The first-order valence-corrected chi connectivity index (χ1v) is 8.91. The number of fused-ring (bicyclic) bond motifs is 1. The molecule has 0 aliphatic carbocycles. The summed E-state index contributed by atoms with van der Waals surface area (Å²) in [5.74, 6) is 0.817. The van der Waals surface area contributed by atoms with Crippen molar-refractivity contribution in [3.63, 3.8) is 0 Å². The highest BCUT2D eigenvalue weighted by Crippen LogP contribution is 2.19. The van der Waals surface area contributed by atoms with Crippen LogP contribution in [-0.2, 0) is 24.4 Å². The van der Waals surface area contributed by atoms with E-state index in [1.54, 1.807) is 7.11 Å². The molecule has 1 aromatic heterocycles. The highest BCUT2D eigenvalue weighted by atomic mass is 16.5. The minimum Gasteiger partial charge on any atom is -0.383 e. The number of piperidine rings is 1. The maximum Gasteiger partial charge on any atom is 0.0768 e. The van der Waals surface area contributed by atoms with Crippen LogP contribution in [0.15, 0.2) is 6.07 Å². The number of rotatable bonds is 7. The second-order valence-corrected chi connectivity index (χ2v) is 7.00. The fourth-order valence-electron chi connectivity index (χ4n) is 3.72. The maximum atomic E-state index is 5.17. The van der Waals surface area contributed by atoms with E-state index < -0.39 is 0 Å². The Hall–Kier alpha value is -0.950. The number of hydrogen-bond donors (Lipinski definition) is 1. The van der Waals surface area contributed by atoms with Crippen LogP contribution >= 0.6 is 0 Å². The Labute approximate surface area is 139 Å². The topological polar surface area (TPSA) is 45.6 Å². The lowest BCUT2D eigenvalue weighted by Gasteiger charge is -2.33. The van der Waals surface area contributed by atoms with Gasteiger partial charge in [0.15, 0.2) is 0 Å². The predicted molar refractivity (Wildman–Crippen MR) is 91.3 cm³/mol. The van der Waals surface area contributed by atoms with E-state index in [9.17, 15) is 0 Å². The van der Waals surface area contributed by atoms with Crippen molar-refractivity contribution in [3.05, 3.63) is 17.5 Å². The molecule has 1 aromatic rings. The third kappa shape index (κ3) is 4.76. The lowest BCUT2D eigenvalue weighted by Crippen LogP contribution is -2.39. The van der Waals surface area contributed by atoms with Crippen molar-refractivity contribution >= 4 is 0 Å². The van der Waals surface area contributed by atoms with Gasteiger partial charge in [0.25, 0.3) is 0 Å². The summed E-state index contributed by atoms with van der Waals surface area (Å²) in [7, 11) is 4.01. The zero-order valence-electron chi connectivity index (χ0n) is 14.6. The van der Waals surface area contributed by atoms with Gasteiger partial charge in [-0.15, -0.1) is 0 Å². The van der Waals surface area contributed by atoms with Crippen LogP contribution in [0.5, 0.6) is 0 Å². The average molecular weight is 321 g/mol. The molecule has 6 heteroatoms. The van der Waals surface area contributed by atoms with Crippen LogP contribution in [0.1, 0.15) is 24.2 Å². The Kier molecular flexibility index (Phi) is 6.05. The Morgan fingerprint density at radius 3 is 2.91 bits per heavy atom. The van der Waals surface area contributed by atoms with Crippen molar-refractivity contribution in [2.45, 2.75) is 32.5 Å². The van der Waals surface area contributed by atoms with Crippen LogP contribution < -0.4 is 5.32 Å². The molecule has 3 heterocycles. The summed E-state index contributed by atoms with van der Waals surface area (Å²) in [6.07, 6.45) is 2.61. The molecule has 130 valence electrons. The van der Waals surface area contributed by atoms with E-state index in [0.717, 1.165) is 45.2 Å². The summed E-state index contributed by atoms with van der Waals surface area (Å²) >= 11 is 0. The molecule has 3 rings (SSSR count). The highest BCUT2D eigenvalue weighted by Gasteiger charge is 2.21. The molecule has 0 amide bonds. The first kappa shape index (κ1) is 16.9. The van der Waals surface area contributed by atoms with Crippen molar-refractivity contribution in [1.82, 2.24) is 24.9 Å². The molecule has 0 spiro atoms. The molecular weight excluding hydrogens is 290 g/mol. The second kappa shape index (κ2) is 8.24. The molecular formula is C17H31N5O. The van der Waals surface area contributed by atoms with Gasteiger partial charge in [0.2, 0.25) is 0 Å². The monoisotopic (exact) mass is 321 g/mol. The summed E-state index contributed by atoms with van der Waals surface area (Å²) in [5, 5.41) is 8.15. The zero-order valence-corrected chi connectivity index (χ0v) is 14.6. The molecule has 6 nitrogen and oxygen atoms in total. The van der Waals surface area contributed by atoms with E-state index in [2.05, 4.69) is 32.9 Å². The minimum atomic E-state index is 0.817. The van der Waals surface area contributed by atoms with Crippen LogP contribution in [0.4, 0.5) is 0 Å². The molecule has 0 unspecified atom stereocenters. The lowest BCUT2D eigenvalue weighted by atomic mass is 9.96. The smallest absolute Gasteiger partial charge is 0.0768 e. The van der Waals surface area contributed by atoms with Gasteiger partial charge in [-0.1, -0.05) is 0 Å². The second-order valence-electron chi connectivity index (χ2n) is 7.00. The molecule has 1 N–H and O–H groups in total. The van der Waals surface area contributed by atoms with Crippen LogP contribution in [0.25, 0.3) is 0 Å². The van der Waals surface area contributed by atoms with E-state index in [-0.39, 0.29) is 0 Å². The minimum absolute atomic E-state index is 0.817. The van der Waals surface area contributed by atoms with Gasteiger partial charge in [0.05, 0.1) is 24.5 Å². The first-order valence-electron chi connectivity index (χ1n) is 8.91. The van der Waals surface area contributed by atoms with E-state index in [1.807, 2.05) is 0 Å². The third-order valence-corrected chi connectivity index (χ3v) is 5.04. The summed E-state index contributed by atoms with van der Waals surface area (Å²) in [4.78, 5) is 4.97. The van der Waals surface area contributed by atoms with Crippen LogP contribution in [0, 0.1) is 5.92 Å². The van der Waals surface area contributed by atoms with Crippen molar-refractivity contribution in [2.24, 2.45) is 5.92 Å². The molecule has 0 saturated carbocycles. The molecule has 1 saturated heterocycles. The van der Waals surface area contributed by atoms with E-state index >= 15 is 0 Å². The van der Waals surface area contributed by atoms with E-state index in [4.69, 9.17) is 9.84 Å². The summed E-state index contributed by atoms with van der Waals surface area (Å²) in [6.45, 7) is 9.49. The molecule has 0 aromatic carbocycles. The number of aromatic nitrogens is 2. The number of ether oxygens (including phenoxy) is 1. The third-order valence-electron chi connectivity index (χ3n) is 5.04. The van der Waals surface area contributed by atoms with Gasteiger partial charge in [-0.25, -0.2) is 0 Å². The van der Waals surface area contributed by atoms with Crippen LogP contribution in [0.3, 0.4) is 0 Å².